The molecule has 0 saturated carbocycles. The summed E-state index contributed by atoms with van der Waals surface area (Å²) in [5, 5.41) is 24.7. The lowest BCUT2D eigenvalue weighted by Crippen LogP contribution is -2.74. The van der Waals surface area contributed by atoms with Gasteiger partial charge < -0.3 is 32.0 Å². The van der Waals surface area contributed by atoms with Gasteiger partial charge in [-0.2, -0.15) is 11.8 Å². The molecule has 0 aromatic carbocycles. The highest BCUT2D eigenvalue weighted by molar-refractivity contribution is 8.05. The number of carbonyl (C=O) groups excluding carboxylic acids is 2. The van der Waals surface area contributed by atoms with Crippen molar-refractivity contribution in [2.45, 2.75) is 26.8 Å². The fourth-order valence-electron chi connectivity index (χ4n) is 3.76. The van der Waals surface area contributed by atoms with E-state index in [0.29, 0.717) is 12.3 Å². The van der Waals surface area contributed by atoms with Gasteiger partial charge in [0.2, 0.25) is 5.91 Å². The van der Waals surface area contributed by atoms with Crippen LogP contribution in [0.15, 0.2) is 28.5 Å². The second kappa shape index (κ2) is 11.7. The van der Waals surface area contributed by atoms with Gasteiger partial charge in [0.25, 0.3) is 5.91 Å². The fourth-order valence-corrected chi connectivity index (χ4v) is 8.47. The normalized spacial score (nSPS) is 23.4. The number of aromatic nitrogens is 2. The van der Waals surface area contributed by atoms with Gasteiger partial charge in [0.15, 0.2) is 10.8 Å². The molecule has 4 heterocycles. The number of carboxylic acid groups (broad SMARTS) is 1. The molecular formula is C20H22ClN7O5S4. The van der Waals surface area contributed by atoms with Gasteiger partial charge in [0.1, 0.15) is 26.2 Å². The minimum atomic E-state index is -1.29. The van der Waals surface area contributed by atoms with Gasteiger partial charge in [-0.3, -0.25) is 19.4 Å². The number of halogens is 1. The Hall–Kier alpha value is -2.24. The van der Waals surface area contributed by atoms with Crippen LogP contribution in [0.5, 0.6) is 0 Å². The maximum absolute atomic E-state index is 13.0. The van der Waals surface area contributed by atoms with Gasteiger partial charge in [0.05, 0.1) is 0 Å². The highest BCUT2D eigenvalue weighted by Gasteiger charge is 2.58. The van der Waals surface area contributed by atoms with Crippen molar-refractivity contribution < 1.29 is 24.7 Å². The van der Waals surface area contributed by atoms with Crippen molar-refractivity contribution >= 4 is 86.9 Å². The lowest BCUT2D eigenvalue weighted by molar-refractivity contribution is -0.151. The third-order valence-corrected chi connectivity index (χ3v) is 10.8. The van der Waals surface area contributed by atoms with Gasteiger partial charge in [-0.15, -0.1) is 23.5 Å². The molecule has 2 aromatic heterocycles. The Morgan fingerprint density at radius 1 is 1.43 bits per heavy atom. The zero-order valence-corrected chi connectivity index (χ0v) is 23.0. The number of hydrogen-bond donors (Lipinski definition) is 5. The summed E-state index contributed by atoms with van der Waals surface area (Å²) in [4.78, 5) is 48.4. The quantitative estimate of drug-likeness (QED) is 0.0855. The van der Waals surface area contributed by atoms with Gasteiger partial charge >= 0.3 is 5.97 Å². The highest BCUT2D eigenvalue weighted by Crippen LogP contribution is 2.47. The number of amides is 2. The summed E-state index contributed by atoms with van der Waals surface area (Å²) in [5.41, 5.74) is 11.5. The zero-order valence-electron chi connectivity index (χ0n) is 19.0. The van der Waals surface area contributed by atoms with Crippen LogP contribution in [0.25, 0.3) is 0 Å². The highest BCUT2D eigenvalue weighted by atomic mass is 35.5. The summed E-state index contributed by atoms with van der Waals surface area (Å²) < 4.78 is -1.22. The topological polar surface area (TPSA) is 197 Å². The summed E-state index contributed by atoms with van der Waals surface area (Å²) >= 11 is 11.0. The predicted octanol–water partition coefficient (Wildman–Crippen LogP) is 1.16. The van der Waals surface area contributed by atoms with E-state index in [0.717, 1.165) is 27.5 Å². The number of β-lactam (4-membered cyclic amide) rings is 1. The molecule has 1 unspecified atom stereocenters. The molecule has 2 aromatic rings. The number of rotatable bonds is 10. The van der Waals surface area contributed by atoms with Gasteiger partial charge in [0, 0.05) is 47.6 Å². The molecule has 0 spiro atoms. The summed E-state index contributed by atoms with van der Waals surface area (Å²) in [7, 11) is 0. The molecule has 17 heteroatoms. The molecule has 0 aliphatic carbocycles. The van der Waals surface area contributed by atoms with E-state index in [-0.39, 0.29) is 27.5 Å². The van der Waals surface area contributed by atoms with Gasteiger partial charge in [-0.05, 0) is 11.6 Å². The van der Waals surface area contributed by atoms with E-state index in [1.807, 2.05) is 0 Å². The van der Waals surface area contributed by atoms with Crippen LogP contribution < -0.4 is 16.8 Å². The van der Waals surface area contributed by atoms with Crippen LogP contribution in [0.3, 0.4) is 0 Å². The fraction of sp³-hybridized carbons (Fsp3) is 0.400. The van der Waals surface area contributed by atoms with E-state index >= 15 is 0 Å². The molecule has 2 aliphatic heterocycles. The number of nitrogen functional groups attached to an aromatic ring is 1. The average molecular weight is 604 g/mol. The number of anilines is 1. The Kier molecular flexibility index (Phi) is 8.75. The van der Waals surface area contributed by atoms with Crippen molar-refractivity contribution in [3.05, 3.63) is 34.1 Å². The molecular weight excluding hydrogens is 582 g/mol. The Morgan fingerprint density at radius 3 is 2.86 bits per heavy atom. The third-order valence-electron chi connectivity index (χ3n) is 5.56. The maximum Gasteiger partial charge on any atom is 0.322 e. The SMILES string of the molecule is NCCSCc1cnccc1SC1(C(=O)O)CS[C@@H]2[C@H](NC(=O)C(=NO)c3nc(N)sc3Cl)C(=O)N2C1. The number of pyridine rings is 1. The minimum Gasteiger partial charge on any atom is -0.480 e. The molecule has 4 rings (SSSR count). The van der Waals surface area contributed by atoms with Crippen molar-refractivity contribution in [1.82, 2.24) is 20.2 Å². The minimum absolute atomic E-state index is 0.0387. The predicted molar refractivity (Wildman–Crippen MR) is 145 cm³/mol. The van der Waals surface area contributed by atoms with Crippen molar-refractivity contribution in [1.29, 1.82) is 0 Å². The van der Waals surface area contributed by atoms with Crippen LogP contribution in [-0.2, 0) is 20.1 Å². The van der Waals surface area contributed by atoms with Crippen LogP contribution in [0.1, 0.15) is 11.3 Å². The van der Waals surface area contributed by atoms with Crippen LogP contribution in [0.4, 0.5) is 5.13 Å². The molecule has 2 aliphatic rings. The molecule has 198 valence electrons. The van der Waals surface area contributed by atoms with Crippen LogP contribution in [0.2, 0.25) is 4.34 Å². The van der Waals surface area contributed by atoms with Crippen molar-refractivity contribution in [2.24, 2.45) is 10.9 Å². The first-order chi connectivity index (χ1) is 17.7. The number of carbonyl (C=O) groups is 3. The van der Waals surface area contributed by atoms with E-state index in [2.05, 4.69) is 20.4 Å². The Morgan fingerprint density at radius 2 is 2.22 bits per heavy atom. The van der Waals surface area contributed by atoms with E-state index in [1.165, 1.54) is 28.4 Å². The second-order valence-electron chi connectivity index (χ2n) is 7.97. The standard InChI is InChI=1S/C20H22ClN7O5S4/c21-14-11(26-19(23)36-14)12(27-33)15(29)25-13-16(30)28-7-20(18(31)32,8-35-17(13)28)37-10-1-3-24-5-9(10)6-34-4-2-22/h1,3,5,13,17,33H,2,4,6-8,22H2,(H2,23,26)(H,25,29)(H,31,32)/t13-,17-,20?/m1/s1. The number of nitrogens with two attached hydrogens (primary N) is 2. The number of thioether (sulfide) groups is 3. The maximum atomic E-state index is 13.0. The number of nitrogens with one attached hydrogen (secondary N) is 1. The summed E-state index contributed by atoms with van der Waals surface area (Å²) in [5.74, 6) is -0.729. The van der Waals surface area contributed by atoms with E-state index in [9.17, 15) is 24.7 Å². The molecule has 12 nitrogen and oxygen atoms in total. The Bertz CT molecular complexity index is 1250. The van der Waals surface area contributed by atoms with Crippen molar-refractivity contribution in [3.8, 4) is 0 Å². The lowest BCUT2D eigenvalue weighted by atomic mass is 10.0. The molecule has 3 atom stereocenters. The number of thiazole rings is 1. The number of oxime groups is 1. The largest absolute Gasteiger partial charge is 0.480 e. The van der Waals surface area contributed by atoms with E-state index < -0.39 is 39.7 Å². The first-order valence-electron chi connectivity index (χ1n) is 10.7. The first kappa shape index (κ1) is 27.8. The Balaban J connectivity index is 1.46. The molecule has 2 amide bonds. The molecule has 0 bridgehead atoms. The van der Waals surface area contributed by atoms with Crippen LogP contribution in [-0.4, -0.2) is 89.4 Å². The molecule has 2 fully saturated rings. The molecule has 7 N–H and O–H groups in total. The first-order valence-corrected chi connectivity index (χ1v) is 14.9. The van der Waals surface area contributed by atoms with Gasteiger partial charge in [-0.1, -0.05) is 28.1 Å². The number of nitrogens with zero attached hydrogens (tertiary/aromatic N) is 4. The monoisotopic (exact) mass is 603 g/mol. The Labute approximate surface area is 233 Å². The number of carboxylic acids is 1. The summed E-state index contributed by atoms with van der Waals surface area (Å²) in [6.07, 6.45) is 3.32. The van der Waals surface area contributed by atoms with Gasteiger partial charge in [-0.25, -0.2) is 4.98 Å². The van der Waals surface area contributed by atoms with Crippen LogP contribution >= 0.6 is 58.2 Å². The van der Waals surface area contributed by atoms with Crippen LogP contribution in [0, 0.1) is 0 Å². The summed E-state index contributed by atoms with van der Waals surface area (Å²) in [6, 6.07) is 0.849. The van der Waals surface area contributed by atoms with E-state index in [4.69, 9.17) is 23.1 Å². The molecule has 37 heavy (non-hydrogen) atoms. The van der Waals surface area contributed by atoms with Crippen molar-refractivity contribution in [3.63, 3.8) is 0 Å². The smallest absolute Gasteiger partial charge is 0.322 e. The number of aliphatic carboxylic acids is 1. The zero-order chi connectivity index (χ0) is 26.7. The van der Waals surface area contributed by atoms with Crippen molar-refractivity contribution in [2.75, 3.05) is 30.3 Å². The molecule has 2 saturated heterocycles. The van der Waals surface area contributed by atoms with E-state index in [1.54, 1.807) is 30.2 Å². The third kappa shape index (κ3) is 5.63. The number of hydrogen-bond acceptors (Lipinski definition) is 13. The lowest BCUT2D eigenvalue weighted by Gasteiger charge is -2.53. The second-order valence-corrected chi connectivity index (χ2v) is 13.2. The number of fused-ring (bicyclic) bond motifs is 1. The summed E-state index contributed by atoms with van der Waals surface area (Å²) in [6.45, 7) is 0.499. The molecule has 0 radical (unpaired) electrons. The average Bonchev–Trinajstić information content (AvgIpc) is 3.21.